The van der Waals surface area contributed by atoms with Gasteiger partial charge in [0.2, 0.25) is 0 Å². The molecule has 1 fully saturated rings. The van der Waals surface area contributed by atoms with Crippen LogP contribution in [0.5, 0.6) is 5.75 Å². The Morgan fingerprint density at radius 2 is 2.05 bits per heavy atom. The standard InChI is InChI=1S/C13H15BrF3NO/c1-8-2-4-10(6-8)18-11-5-3-9(14)7-12(11)19-13(15,16)17/h3,5,7-8,10,18H,2,4,6H2,1H3. The van der Waals surface area contributed by atoms with Gasteiger partial charge in [-0.2, -0.15) is 0 Å². The van der Waals surface area contributed by atoms with Crippen LogP contribution >= 0.6 is 15.9 Å². The zero-order valence-electron chi connectivity index (χ0n) is 10.4. The largest absolute Gasteiger partial charge is 0.573 e. The monoisotopic (exact) mass is 337 g/mol. The molecule has 6 heteroatoms. The highest BCUT2D eigenvalue weighted by atomic mass is 79.9. The summed E-state index contributed by atoms with van der Waals surface area (Å²) in [6.45, 7) is 2.15. The number of benzene rings is 1. The van der Waals surface area contributed by atoms with E-state index < -0.39 is 6.36 Å². The maximum atomic E-state index is 12.4. The second-order valence-corrected chi connectivity index (χ2v) is 5.86. The second-order valence-electron chi connectivity index (χ2n) is 4.95. The Bertz CT molecular complexity index is 450. The lowest BCUT2D eigenvalue weighted by Gasteiger charge is -2.18. The molecule has 0 aliphatic heterocycles. The van der Waals surface area contributed by atoms with Crippen molar-refractivity contribution in [2.24, 2.45) is 5.92 Å². The summed E-state index contributed by atoms with van der Waals surface area (Å²) in [6.07, 6.45) is -1.63. The lowest BCUT2D eigenvalue weighted by Crippen LogP contribution is -2.20. The molecule has 1 aromatic rings. The molecule has 0 heterocycles. The molecule has 2 nitrogen and oxygen atoms in total. The van der Waals surface area contributed by atoms with Crippen LogP contribution in [-0.2, 0) is 0 Å². The van der Waals surface area contributed by atoms with E-state index in [1.165, 1.54) is 6.07 Å². The van der Waals surface area contributed by atoms with Crippen molar-refractivity contribution >= 4 is 21.6 Å². The predicted molar refractivity (Wildman–Crippen MR) is 71.3 cm³/mol. The van der Waals surface area contributed by atoms with Crippen molar-refractivity contribution < 1.29 is 17.9 Å². The highest BCUT2D eigenvalue weighted by molar-refractivity contribution is 9.10. The maximum Gasteiger partial charge on any atom is 0.573 e. The molecule has 2 atom stereocenters. The average Bonchev–Trinajstić information content (AvgIpc) is 2.66. The van der Waals surface area contributed by atoms with Crippen LogP contribution in [0.4, 0.5) is 18.9 Å². The lowest BCUT2D eigenvalue weighted by molar-refractivity contribution is -0.274. The normalized spacial score (nSPS) is 23.4. The molecule has 0 saturated heterocycles. The van der Waals surface area contributed by atoms with Crippen LogP contribution in [0.2, 0.25) is 0 Å². The van der Waals surface area contributed by atoms with Gasteiger partial charge in [-0.15, -0.1) is 13.2 Å². The molecule has 2 unspecified atom stereocenters. The third kappa shape index (κ3) is 4.30. The minimum absolute atomic E-state index is 0.193. The molecule has 0 radical (unpaired) electrons. The Hall–Kier alpha value is -0.910. The summed E-state index contributed by atoms with van der Waals surface area (Å²) in [6, 6.07) is 4.85. The number of anilines is 1. The molecular weight excluding hydrogens is 323 g/mol. The lowest BCUT2D eigenvalue weighted by atomic mass is 10.1. The van der Waals surface area contributed by atoms with E-state index in [0.29, 0.717) is 16.1 Å². The van der Waals surface area contributed by atoms with Crippen molar-refractivity contribution in [3.63, 3.8) is 0 Å². The zero-order valence-corrected chi connectivity index (χ0v) is 12.0. The Labute approximate surface area is 118 Å². The molecule has 1 saturated carbocycles. The van der Waals surface area contributed by atoms with E-state index in [1.807, 2.05) is 0 Å². The van der Waals surface area contributed by atoms with Gasteiger partial charge in [0.05, 0.1) is 5.69 Å². The molecule has 1 aliphatic rings. The number of hydrogen-bond donors (Lipinski definition) is 1. The van der Waals surface area contributed by atoms with E-state index in [4.69, 9.17) is 0 Å². The summed E-state index contributed by atoms with van der Waals surface area (Å²) in [5, 5.41) is 3.14. The van der Waals surface area contributed by atoms with Gasteiger partial charge in [0.15, 0.2) is 5.75 Å². The van der Waals surface area contributed by atoms with Crippen molar-refractivity contribution in [3.8, 4) is 5.75 Å². The summed E-state index contributed by atoms with van der Waals surface area (Å²) in [5.74, 6) is 0.418. The topological polar surface area (TPSA) is 21.3 Å². The van der Waals surface area contributed by atoms with Crippen molar-refractivity contribution in [2.45, 2.75) is 38.6 Å². The SMILES string of the molecule is CC1CCC(Nc2ccc(Br)cc2OC(F)(F)F)C1. The number of hydrogen-bond acceptors (Lipinski definition) is 2. The van der Waals surface area contributed by atoms with Gasteiger partial charge in [0.1, 0.15) is 0 Å². The Morgan fingerprint density at radius 3 is 2.63 bits per heavy atom. The summed E-state index contributed by atoms with van der Waals surface area (Å²) < 4.78 is 41.7. The van der Waals surface area contributed by atoms with Crippen LogP contribution in [0.3, 0.4) is 0 Å². The molecule has 0 aromatic heterocycles. The van der Waals surface area contributed by atoms with Gasteiger partial charge in [-0.05, 0) is 43.4 Å². The van der Waals surface area contributed by atoms with Gasteiger partial charge in [0, 0.05) is 10.5 Å². The average molecular weight is 338 g/mol. The van der Waals surface area contributed by atoms with E-state index >= 15 is 0 Å². The summed E-state index contributed by atoms with van der Waals surface area (Å²) in [4.78, 5) is 0. The van der Waals surface area contributed by atoms with Gasteiger partial charge in [-0.1, -0.05) is 22.9 Å². The number of nitrogens with one attached hydrogen (secondary N) is 1. The third-order valence-electron chi connectivity index (χ3n) is 3.22. The number of rotatable bonds is 3. The Balaban J connectivity index is 2.14. The highest BCUT2D eigenvalue weighted by Crippen LogP contribution is 2.35. The molecule has 0 amide bonds. The van der Waals surface area contributed by atoms with Crippen LogP contribution in [0.1, 0.15) is 26.2 Å². The molecule has 1 aromatic carbocycles. The van der Waals surface area contributed by atoms with Crippen molar-refractivity contribution in [1.29, 1.82) is 0 Å². The fourth-order valence-electron chi connectivity index (χ4n) is 2.38. The molecule has 0 spiro atoms. The molecule has 1 N–H and O–H groups in total. The molecular formula is C13H15BrF3NO. The van der Waals surface area contributed by atoms with Gasteiger partial charge in [-0.25, -0.2) is 0 Å². The summed E-state index contributed by atoms with van der Waals surface area (Å²) >= 11 is 3.15. The van der Waals surface area contributed by atoms with Crippen molar-refractivity contribution in [1.82, 2.24) is 0 Å². The third-order valence-corrected chi connectivity index (χ3v) is 3.72. The first-order chi connectivity index (χ1) is 8.83. The highest BCUT2D eigenvalue weighted by Gasteiger charge is 2.32. The maximum absolute atomic E-state index is 12.4. The summed E-state index contributed by atoms with van der Waals surface area (Å²) in [5.41, 5.74) is 0.389. The van der Waals surface area contributed by atoms with Gasteiger partial charge < -0.3 is 10.1 Å². The Kier molecular flexibility index (Phi) is 4.28. The van der Waals surface area contributed by atoms with Crippen LogP contribution in [0.25, 0.3) is 0 Å². The fourth-order valence-corrected chi connectivity index (χ4v) is 2.72. The van der Waals surface area contributed by atoms with Crippen LogP contribution in [0, 0.1) is 5.92 Å². The molecule has 0 bridgehead atoms. The first-order valence-corrected chi connectivity index (χ1v) is 6.94. The van der Waals surface area contributed by atoms with Crippen LogP contribution < -0.4 is 10.1 Å². The fraction of sp³-hybridized carbons (Fsp3) is 0.538. The second kappa shape index (κ2) is 5.61. The van der Waals surface area contributed by atoms with Gasteiger partial charge >= 0.3 is 6.36 Å². The first kappa shape index (κ1) is 14.5. The molecule has 106 valence electrons. The van der Waals surface area contributed by atoms with Crippen LogP contribution in [-0.4, -0.2) is 12.4 Å². The first-order valence-electron chi connectivity index (χ1n) is 6.15. The van der Waals surface area contributed by atoms with Crippen molar-refractivity contribution in [2.75, 3.05) is 5.32 Å². The summed E-state index contributed by atoms with van der Waals surface area (Å²) in [7, 11) is 0. The van der Waals surface area contributed by atoms with Crippen LogP contribution in [0.15, 0.2) is 22.7 Å². The minimum atomic E-state index is -4.68. The van der Waals surface area contributed by atoms with Gasteiger partial charge in [-0.3, -0.25) is 0 Å². The minimum Gasteiger partial charge on any atom is -0.404 e. The number of halogens is 4. The van der Waals surface area contributed by atoms with E-state index in [0.717, 1.165) is 19.3 Å². The predicted octanol–water partition coefficient (Wildman–Crippen LogP) is 4.95. The molecule has 2 rings (SSSR count). The van der Waals surface area contributed by atoms with E-state index in [2.05, 4.69) is 32.9 Å². The van der Waals surface area contributed by atoms with Crippen molar-refractivity contribution in [3.05, 3.63) is 22.7 Å². The quantitative estimate of drug-likeness (QED) is 0.842. The van der Waals surface area contributed by atoms with E-state index in [1.54, 1.807) is 12.1 Å². The van der Waals surface area contributed by atoms with Gasteiger partial charge in [0.25, 0.3) is 0 Å². The molecule has 19 heavy (non-hydrogen) atoms. The smallest absolute Gasteiger partial charge is 0.404 e. The zero-order chi connectivity index (χ0) is 14.0. The number of alkyl halides is 3. The Morgan fingerprint density at radius 1 is 1.32 bits per heavy atom. The number of ether oxygens (including phenoxy) is 1. The van der Waals surface area contributed by atoms with E-state index in [9.17, 15) is 13.2 Å². The molecule has 1 aliphatic carbocycles. The van der Waals surface area contributed by atoms with E-state index in [-0.39, 0.29) is 11.8 Å².